The first kappa shape index (κ1) is 23.1. The van der Waals surface area contributed by atoms with E-state index in [1.54, 1.807) is 63.4 Å². The van der Waals surface area contributed by atoms with E-state index in [-0.39, 0.29) is 22.3 Å². The average molecular weight is 510 g/mol. The van der Waals surface area contributed by atoms with Crippen LogP contribution in [0.1, 0.15) is 31.0 Å². The van der Waals surface area contributed by atoms with Gasteiger partial charge >= 0.3 is 5.97 Å². The summed E-state index contributed by atoms with van der Waals surface area (Å²) >= 11 is 7.28. The van der Waals surface area contributed by atoms with Crippen molar-refractivity contribution in [2.75, 3.05) is 19.0 Å². The molecule has 0 unspecified atom stereocenters. The average Bonchev–Trinajstić information content (AvgIpc) is 3.33. The van der Waals surface area contributed by atoms with Gasteiger partial charge in [0, 0.05) is 16.3 Å². The molecule has 0 spiro atoms. The molecule has 5 rings (SSSR count). The van der Waals surface area contributed by atoms with Crippen molar-refractivity contribution >= 4 is 46.1 Å². The third-order valence-corrected chi connectivity index (χ3v) is 7.17. The van der Waals surface area contributed by atoms with Crippen molar-refractivity contribution in [3.05, 3.63) is 89.6 Å². The highest BCUT2D eigenvalue weighted by Crippen LogP contribution is 2.34. The molecule has 1 atom stereocenters. The number of ether oxygens (including phenoxy) is 2. The number of hydrogen-bond acceptors (Lipinski definition) is 7. The van der Waals surface area contributed by atoms with E-state index in [9.17, 15) is 14.4 Å². The van der Waals surface area contributed by atoms with Gasteiger partial charge in [0.05, 0.1) is 36.6 Å². The highest BCUT2D eigenvalue weighted by Gasteiger charge is 2.35. The van der Waals surface area contributed by atoms with Crippen LogP contribution in [0.5, 0.6) is 5.75 Å². The Kier molecular flexibility index (Phi) is 5.82. The van der Waals surface area contributed by atoms with E-state index in [4.69, 9.17) is 21.1 Å². The number of amides is 1. The second-order valence-electron chi connectivity index (χ2n) is 7.92. The van der Waals surface area contributed by atoms with Gasteiger partial charge in [0.2, 0.25) is 0 Å². The van der Waals surface area contributed by atoms with Gasteiger partial charge in [-0.25, -0.2) is 9.79 Å². The van der Waals surface area contributed by atoms with Crippen molar-refractivity contribution < 1.29 is 19.1 Å². The normalized spacial score (nSPS) is 17.9. The molecule has 2 aliphatic heterocycles. The number of halogens is 1. The second kappa shape index (κ2) is 8.83. The van der Waals surface area contributed by atoms with Gasteiger partial charge in [-0.1, -0.05) is 35.1 Å². The molecule has 0 radical (unpaired) electrons. The van der Waals surface area contributed by atoms with Gasteiger partial charge in [-0.3, -0.25) is 14.2 Å². The number of esters is 1. The van der Waals surface area contributed by atoms with Crippen molar-refractivity contribution in [2.45, 2.75) is 19.9 Å². The molecular formula is C25H20ClN3O5S. The fourth-order valence-electron chi connectivity index (χ4n) is 4.31. The maximum absolute atomic E-state index is 13.9. The molecule has 0 aliphatic carbocycles. The van der Waals surface area contributed by atoms with E-state index in [0.717, 1.165) is 11.3 Å². The van der Waals surface area contributed by atoms with Gasteiger partial charge < -0.3 is 14.8 Å². The van der Waals surface area contributed by atoms with Crippen LogP contribution in [-0.2, 0) is 14.3 Å². The van der Waals surface area contributed by atoms with Crippen molar-refractivity contribution in [1.29, 1.82) is 0 Å². The van der Waals surface area contributed by atoms with Gasteiger partial charge in [-0.2, -0.15) is 0 Å². The Morgan fingerprint density at radius 3 is 2.63 bits per heavy atom. The summed E-state index contributed by atoms with van der Waals surface area (Å²) in [5.74, 6) is -0.309. The zero-order chi connectivity index (χ0) is 24.9. The van der Waals surface area contributed by atoms with E-state index in [1.807, 2.05) is 0 Å². The van der Waals surface area contributed by atoms with Crippen LogP contribution >= 0.6 is 22.9 Å². The smallest absolute Gasteiger partial charge is 0.338 e. The van der Waals surface area contributed by atoms with Gasteiger partial charge in [0.25, 0.3) is 11.5 Å². The van der Waals surface area contributed by atoms with Crippen LogP contribution in [0.25, 0.3) is 5.57 Å². The number of nitrogens with zero attached hydrogens (tertiary/aromatic N) is 2. The lowest BCUT2D eigenvalue weighted by Gasteiger charge is -2.24. The lowest BCUT2D eigenvalue weighted by atomic mass is 9.96. The highest BCUT2D eigenvalue weighted by molar-refractivity contribution is 7.07. The number of aromatic nitrogens is 1. The fourth-order valence-corrected chi connectivity index (χ4v) is 5.62. The molecule has 178 valence electrons. The largest absolute Gasteiger partial charge is 0.497 e. The minimum Gasteiger partial charge on any atom is -0.497 e. The van der Waals surface area contributed by atoms with Gasteiger partial charge in [0.1, 0.15) is 10.3 Å². The van der Waals surface area contributed by atoms with Gasteiger partial charge in [-0.05, 0) is 49.7 Å². The number of thiazole rings is 1. The zero-order valence-corrected chi connectivity index (χ0v) is 20.6. The maximum Gasteiger partial charge on any atom is 0.338 e. The minimum absolute atomic E-state index is 0.178. The molecule has 35 heavy (non-hydrogen) atoms. The van der Waals surface area contributed by atoms with Crippen LogP contribution in [0.15, 0.2) is 63.5 Å². The number of allylic oxidation sites excluding steroid dienone is 1. The van der Waals surface area contributed by atoms with Crippen LogP contribution in [0, 0.1) is 0 Å². The number of benzene rings is 2. The summed E-state index contributed by atoms with van der Waals surface area (Å²) in [6, 6.07) is 11.3. The molecule has 0 saturated carbocycles. The Morgan fingerprint density at radius 1 is 1.20 bits per heavy atom. The molecule has 1 aromatic heterocycles. The van der Waals surface area contributed by atoms with Crippen LogP contribution in [-0.4, -0.2) is 30.2 Å². The van der Waals surface area contributed by atoms with Crippen molar-refractivity contribution in [3.63, 3.8) is 0 Å². The first-order valence-corrected chi connectivity index (χ1v) is 12.0. The lowest BCUT2D eigenvalue weighted by molar-refractivity contribution is -0.139. The predicted molar refractivity (Wildman–Crippen MR) is 132 cm³/mol. The number of nitrogens with one attached hydrogen (secondary N) is 1. The van der Waals surface area contributed by atoms with Gasteiger partial charge in [0.15, 0.2) is 4.80 Å². The molecule has 0 fully saturated rings. The van der Waals surface area contributed by atoms with Crippen molar-refractivity contribution in [3.8, 4) is 5.75 Å². The number of carbonyl (C=O) groups excluding carboxylic acids is 2. The summed E-state index contributed by atoms with van der Waals surface area (Å²) in [6.45, 7) is 3.60. The van der Waals surface area contributed by atoms with E-state index < -0.39 is 23.5 Å². The Bertz CT molecular complexity index is 1600. The number of anilines is 1. The number of carbonyl (C=O) groups is 2. The van der Waals surface area contributed by atoms with Crippen LogP contribution < -0.4 is 24.9 Å². The number of fused-ring (bicyclic) bond motifs is 2. The molecule has 3 heterocycles. The molecule has 1 amide bonds. The lowest BCUT2D eigenvalue weighted by Crippen LogP contribution is -2.40. The summed E-state index contributed by atoms with van der Waals surface area (Å²) in [7, 11) is 1.56. The summed E-state index contributed by atoms with van der Waals surface area (Å²) in [5, 5.41) is 3.23. The monoisotopic (exact) mass is 509 g/mol. The zero-order valence-electron chi connectivity index (χ0n) is 19.0. The van der Waals surface area contributed by atoms with Gasteiger partial charge in [-0.15, -0.1) is 0 Å². The molecule has 3 aromatic rings. The molecule has 0 bridgehead atoms. The summed E-state index contributed by atoms with van der Waals surface area (Å²) < 4.78 is 12.2. The van der Waals surface area contributed by atoms with E-state index in [0.29, 0.717) is 38.1 Å². The van der Waals surface area contributed by atoms with Crippen molar-refractivity contribution in [2.24, 2.45) is 4.99 Å². The third kappa shape index (κ3) is 3.77. The number of methoxy groups -OCH3 is 1. The third-order valence-electron chi connectivity index (χ3n) is 5.88. The topological polar surface area (TPSA) is 99.0 Å². The van der Waals surface area contributed by atoms with Crippen LogP contribution in [0.2, 0.25) is 5.02 Å². The molecule has 2 aromatic carbocycles. The highest BCUT2D eigenvalue weighted by atomic mass is 35.5. The van der Waals surface area contributed by atoms with E-state index in [1.165, 1.54) is 4.57 Å². The summed E-state index contributed by atoms with van der Waals surface area (Å²) in [6.07, 6.45) is 0. The summed E-state index contributed by atoms with van der Waals surface area (Å²) in [4.78, 5) is 44.7. The molecule has 8 nitrogen and oxygen atoms in total. The molecule has 0 saturated heterocycles. The molecule has 1 N–H and O–H groups in total. The molecule has 2 aliphatic rings. The Hall–Kier alpha value is -3.69. The SMILES string of the molecule is CCOC(=O)C1=C(C)N=c2s/c(=C3\C(=O)Nc4ccc(Cl)cc43)c(=O)n2[C@@H]1c1ccc(OC)cc1. The second-order valence-corrected chi connectivity index (χ2v) is 9.33. The standard InChI is InChI=1S/C25H20ClN3O5S/c1-4-34-24(32)18-12(2)27-25-29(20(18)13-5-8-15(33-3)9-6-13)23(31)21(35-25)19-16-11-14(26)7-10-17(16)28-22(19)30/h5-11,20H,4H2,1-3H3,(H,28,30)/b21-19-/t20-/m1/s1. The van der Waals surface area contributed by atoms with Crippen LogP contribution in [0.4, 0.5) is 5.69 Å². The Labute approximate surface area is 208 Å². The number of rotatable bonds is 4. The first-order valence-electron chi connectivity index (χ1n) is 10.8. The predicted octanol–water partition coefficient (Wildman–Crippen LogP) is 2.78. The quantitative estimate of drug-likeness (QED) is 0.545. The van der Waals surface area contributed by atoms with E-state index >= 15 is 0 Å². The molecular weight excluding hydrogens is 490 g/mol. The Balaban J connectivity index is 1.81. The molecule has 10 heteroatoms. The number of hydrogen-bond donors (Lipinski definition) is 1. The summed E-state index contributed by atoms with van der Waals surface area (Å²) in [5.41, 5.74) is 2.33. The first-order chi connectivity index (χ1) is 16.8. The fraction of sp³-hybridized carbons (Fsp3) is 0.200. The van der Waals surface area contributed by atoms with Crippen LogP contribution in [0.3, 0.4) is 0 Å². The van der Waals surface area contributed by atoms with Crippen molar-refractivity contribution in [1.82, 2.24) is 4.57 Å². The Morgan fingerprint density at radius 2 is 1.94 bits per heavy atom. The van der Waals surface area contributed by atoms with E-state index in [2.05, 4.69) is 10.3 Å². The minimum atomic E-state index is -0.783. The maximum atomic E-state index is 13.9.